The molecule has 0 radical (unpaired) electrons. The van der Waals surface area contributed by atoms with Gasteiger partial charge in [-0.3, -0.25) is 4.79 Å². The van der Waals surface area contributed by atoms with E-state index in [1.807, 2.05) is 17.9 Å². The number of unbranched alkanes of at least 4 members (excludes halogenated alkanes) is 1. The third-order valence-electron chi connectivity index (χ3n) is 4.78. The van der Waals surface area contributed by atoms with Crippen molar-refractivity contribution in [3.05, 3.63) is 35.4 Å². The zero-order valence-electron chi connectivity index (χ0n) is 15.7. The van der Waals surface area contributed by atoms with E-state index in [1.165, 1.54) is 11.1 Å². The second-order valence-corrected chi connectivity index (χ2v) is 6.93. The zero-order valence-corrected chi connectivity index (χ0v) is 15.7. The van der Waals surface area contributed by atoms with Crippen molar-refractivity contribution in [1.29, 1.82) is 0 Å². The summed E-state index contributed by atoms with van der Waals surface area (Å²) in [7, 11) is 0. The van der Waals surface area contributed by atoms with E-state index in [0.29, 0.717) is 26.2 Å². The summed E-state index contributed by atoms with van der Waals surface area (Å²) >= 11 is 0. The van der Waals surface area contributed by atoms with E-state index in [0.717, 1.165) is 19.3 Å². The van der Waals surface area contributed by atoms with Crippen LogP contribution in [0, 0.1) is 12.8 Å². The number of rotatable bonds is 6. The molecule has 3 amide bonds. The minimum Gasteiger partial charge on any atom is -0.356 e. The van der Waals surface area contributed by atoms with Crippen LogP contribution in [-0.4, -0.2) is 43.0 Å². The normalized spacial score (nSPS) is 20.2. The molecule has 0 aromatic heterocycles. The number of piperidine rings is 1. The Hall–Kier alpha value is -2.04. The van der Waals surface area contributed by atoms with Gasteiger partial charge >= 0.3 is 6.03 Å². The van der Waals surface area contributed by atoms with E-state index in [9.17, 15) is 9.59 Å². The van der Waals surface area contributed by atoms with E-state index in [-0.39, 0.29) is 23.8 Å². The Morgan fingerprint density at radius 3 is 2.68 bits per heavy atom. The number of hydrogen-bond acceptors (Lipinski definition) is 2. The first-order valence-corrected chi connectivity index (χ1v) is 9.42. The van der Waals surface area contributed by atoms with Crippen LogP contribution in [-0.2, 0) is 4.79 Å². The maximum Gasteiger partial charge on any atom is 0.317 e. The minimum atomic E-state index is -0.156. The summed E-state index contributed by atoms with van der Waals surface area (Å²) in [6.45, 7) is 8.56. The highest BCUT2D eigenvalue weighted by Crippen LogP contribution is 2.31. The maximum absolute atomic E-state index is 12.5. The lowest BCUT2D eigenvalue weighted by Crippen LogP contribution is -2.51. The lowest BCUT2D eigenvalue weighted by atomic mass is 9.83. The van der Waals surface area contributed by atoms with Gasteiger partial charge in [-0.2, -0.15) is 0 Å². The van der Waals surface area contributed by atoms with Crippen molar-refractivity contribution in [2.24, 2.45) is 5.92 Å². The van der Waals surface area contributed by atoms with Crippen LogP contribution in [0.1, 0.15) is 50.2 Å². The summed E-state index contributed by atoms with van der Waals surface area (Å²) in [6, 6.07) is 8.33. The van der Waals surface area contributed by atoms with Gasteiger partial charge in [0, 0.05) is 32.1 Å². The van der Waals surface area contributed by atoms with Gasteiger partial charge in [0.1, 0.15) is 0 Å². The van der Waals surface area contributed by atoms with Crippen molar-refractivity contribution in [1.82, 2.24) is 15.5 Å². The lowest BCUT2D eigenvalue weighted by Gasteiger charge is -2.37. The molecule has 0 aliphatic carbocycles. The first-order valence-electron chi connectivity index (χ1n) is 9.42. The highest BCUT2D eigenvalue weighted by atomic mass is 16.2. The molecule has 0 bridgehead atoms. The van der Waals surface area contributed by atoms with Crippen molar-refractivity contribution in [3.63, 3.8) is 0 Å². The van der Waals surface area contributed by atoms with Crippen LogP contribution in [0.4, 0.5) is 4.79 Å². The van der Waals surface area contributed by atoms with Crippen LogP contribution in [0.3, 0.4) is 0 Å². The van der Waals surface area contributed by atoms with Gasteiger partial charge in [0.2, 0.25) is 5.91 Å². The molecular formula is C20H31N3O2. The van der Waals surface area contributed by atoms with E-state index < -0.39 is 0 Å². The molecule has 1 aromatic carbocycles. The third-order valence-corrected chi connectivity index (χ3v) is 4.78. The number of amides is 3. The molecule has 5 nitrogen and oxygen atoms in total. The highest BCUT2D eigenvalue weighted by molar-refractivity contribution is 5.81. The Labute approximate surface area is 151 Å². The Bertz CT molecular complexity index is 588. The van der Waals surface area contributed by atoms with Gasteiger partial charge in [0.15, 0.2) is 0 Å². The van der Waals surface area contributed by atoms with Crippen LogP contribution >= 0.6 is 0 Å². The number of nitrogens with zero attached hydrogens (tertiary/aromatic N) is 1. The van der Waals surface area contributed by atoms with Crippen molar-refractivity contribution in [2.75, 3.05) is 26.2 Å². The molecule has 2 atom stereocenters. The molecule has 0 saturated carbocycles. The molecule has 2 unspecified atom stereocenters. The fraction of sp³-hybridized carbons (Fsp3) is 0.600. The first-order chi connectivity index (χ1) is 12.0. The second kappa shape index (κ2) is 9.44. The van der Waals surface area contributed by atoms with Crippen molar-refractivity contribution >= 4 is 11.9 Å². The zero-order chi connectivity index (χ0) is 18.2. The molecule has 1 heterocycles. The van der Waals surface area contributed by atoms with Gasteiger partial charge in [-0.1, -0.05) is 43.2 Å². The summed E-state index contributed by atoms with van der Waals surface area (Å²) in [4.78, 5) is 26.7. The summed E-state index contributed by atoms with van der Waals surface area (Å²) in [5.41, 5.74) is 2.41. The summed E-state index contributed by atoms with van der Waals surface area (Å²) in [5.74, 6) is 0.0838. The highest BCUT2D eigenvalue weighted by Gasteiger charge is 2.34. The average Bonchev–Trinajstić information content (AvgIpc) is 2.61. The number of carbonyl (C=O) groups excluding carboxylic acids is 2. The first kappa shape index (κ1) is 19.3. The van der Waals surface area contributed by atoms with Crippen LogP contribution in [0.2, 0.25) is 0 Å². The topological polar surface area (TPSA) is 61.4 Å². The predicted octanol–water partition coefficient (Wildman–Crippen LogP) is 3.05. The predicted molar refractivity (Wildman–Crippen MR) is 101 cm³/mol. The number of hydrogen-bond donors (Lipinski definition) is 2. The standard InChI is InChI=1S/C20H31N3O2/c1-4-6-10-22-20(25)23-13-17(16-9-7-8-15(3)11-16)12-18(14-23)19(24)21-5-2/h7-9,11,17-18H,4-6,10,12-14H2,1-3H3,(H,21,24)(H,22,25). The fourth-order valence-corrected chi connectivity index (χ4v) is 3.42. The number of benzene rings is 1. The van der Waals surface area contributed by atoms with Gasteiger partial charge in [-0.15, -0.1) is 0 Å². The smallest absolute Gasteiger partial charge is 0.317 e. The Morgan fingerprint density at radius 1 is 1.20 bits per heavy atom. The van der Waals surface area contributed by atoms with Crippen LogP contribution in [0.25, 0.3) is 0 Å². The van der Waals surface area contributed by atoms with Gasteiger partial charge in [0.25, 0.3) is 0 Å². The quantitative estimate of drug-likeness (QED) is 0.779. The molecule has 1 fully saturated rings. The van der Waals surface area contributed by atoms with Gasteiger partial charge < -0.3 is 15.5 Å². The van der Waals surface area contributed by atoms with Crippen molar-refractivity contribution in [2.45, 2.75) is 46.0 Å². The van der Waals surface area contributed by atoms with Crippen LogP contribution < -0.4 is 10.6 Å². The lowest BCUT2D eigenvalue weighted by molar-refractivity contribution is -0.126. The summed E-state index contributed by atoms with van der Waals surface area (Å²) in [6.07, 6.45) is 2.81. The van der Waals surface area contributed by atoms with Crippen molar-refractivity contribution in [3.8, 4) is 0 Å². The van der Waals surface area contributed by atoms with E-state index in [2.05, 4.69) is 42.7 Å². The number of carbonyl (C=O) groups is 2. The van der Waals surface area contributed by atoms with E-state index in [4.69, 9.17) is 0 Å². The molecule has 1 aliphatic heterocycles. The molecule has 2 rings (SSSR count). The summed E-state index contributed by atoms with van der Waals surface area (Å²) < 4.78 is 0. The SMILES string of the molecule is CCCCNC(=O)N1CC(C(=O)NCC)CC(c2cccc(C)c2)C1. The largest absolute Gasteiger partial charge is 0.356 e. The number of aryl methyl sites for hydroxylation is 1. The fourth-order valence-electron chi connectivity index (χ4n) is 3.42. The maximum atomic E-state index is 12.5. The number of urea groups is 1. The average molecular weight is 345 g/mol. The molecular weight excluding hydrogens is 314 g/mol. The second-order valence-electron chi connectivity index (χ2n) is 6.93. The molecule has 1 aromatic rings. The summed E-state index contributed by atoms with van der Waals surface area (Å²) in [5, 5.41) is 5.90. The number of nitrogens with one attached hydrogen (secondary N) is 2. The Morgan fingerprint density at radius 2 is 2.00 bits per heavy atom. The third kappa shape index (κ3) is 5.48. The monoisotopic (exact) mass is 345 g/mol. The molecule has 5 heteroatoms. The van der Waals surface area contributed by atoms with Gasteiger partial charge in [-0.05, 0) is 32.3 Å². The van der Waals surface area contributed by atoms with Crippen molar-refractivity contribution < 1.29 is 9.59 Å². The Balaban J connectivity index is 2.13. The van der Waals surface area contributed by atoms with E-state index in [1.54, 1.807) is 0 Å². The molecule has 25 heavy (non-hydrogen) atoms. The Kier molecular flexibility index (Phi) is 7.29. The molecule has 0 spiro atoms. The van der Waals surface area contributed by atoms with Crippen LogP contribution in [0.5, 0.6) is 0 Å². The van der Waals surface area contributed by atoms with E-state index >= 15 is 0 Å². The minimum absolute atomic E-state index is 0.0474. The molecule has 2 N–H and O–H groups in total. The van der Waals surface area contributed by atoms with Gasteiger partial charge in [-0.25, -0.2) is 4.79 Å². The molecule has 138 valence electrons. The van der Waals surface area contributed by atoms with Crippen LogP contribution in [0.15, 0.2) is 24.3 Å². The van der Waals surface area contributed by atoms with Gasteiger partial charge in [0.05, 0.1) is 5.92 Å². The number of likely N-dealkylation sites (tertiary alicyclic amines) is 1. The molecule has 1 saturated heterocycles. The molecule has 1 aliphatic rings.